The minimum atomic E-state index is -0.616. The zero-order valence-corrected chi connectivity index (χ0v) is 33.8. The number of pyridine rings is 2. The van der Waals surface area contributed by atoms with E-state index >= 15 is 0 Å². The van der Waals surface area contributed by atoms with Crippen molar-refractivity contribution in [2.75, 3.05) is 64.6 Å². The van der Waals surface area contributed by atoms with Crippen molar-refractivity contribution in [2.24, 2.45) is 0 Å². The van der Waals surface area contributed by atoms with Crippen LogP contribution in [0, 0.1) is 13.8 Å². The molecule has 4 heterocycles. The number of ether oxygens (including phenoxy) is 5. The highest BCUT2D eigenvalue weighted by atomic mass is 16.6. The quantitative estimate of drug-likeness (QED) is 0.0771. The van der Waals surface area contributed by atoms with Crippen molar-refractivity contribution < 1.29 is 38.1 Å². The number of carbonyl (C=O) groups is 3. The van der Waals surface area contributed by atoms with Crippen LogP contribution in [0.1, 0.15) is 92.9 Å². The maximum absolute atomic E-state index is 13.0. The third-order valence-corrected chi connectivity index (χ3v) is 9.37. The highest BCUT2D eigenvalue weighted by Crippen LogP contribution is 2.32. The summed E-state index contributed by atoms with van der Waals surface area (Å²) in [6.45, 7) is 12.2. The molecule has 1 aliphatic heterocycles. The van der Waals surface area contributed by atoms with Crippen molar-refractivity contribution in [3.8, 4) is 11.1 Å². The molecule has 0 saturated carbocycles. The van der Waals surface area contributed by atoms with Crippen LogP contribution >= 0.6 is 0 Å². The minimum absolute atomic E-state index is 0.0126. The van der Waals surface area contributed by atoms with E-state index in [-0.39, 0.29) is 30.8 Å². The molecule has 3 aromatic heterocycles. The summed E-state index contributed by atoms with van der Waals surface area (Å²) in [6, 6.07) is 3.62. The number of esters is 1. The average Bonchev–Trinajstić information content (AvgIpc) is 3.61. The van der Waals surface area contributed by atoms with Crippen molar-refractivity contribution in [2.45, 2.75) is 97.5 Å². The van der Waals surface area contributed by atoms with Crippen LogP contribution in [0.5, 0.6) is 0 Å². The molecule has 0 bridgehead atoms. The fraction of sp³-hybridized carbons (Fsp3) is 0.585. The van der Waals surface area contributed by atoms with Gasteiger partial charge in [-0.15, -0.1) is 0 Å². The van der Waals surface area contributed by atoms with Gasteiger partial charge >= 0.3 is 11.7 Å². The number of carbonyl (C=O) groups excluding carboxylic acids is 3. The number of hydrogen-bond donors (Lipinski definition) is 3. The Kier molecular flexibility index (Phi) is 19.5. The average molecular weight is 794 g/mol. The van der Waals surface area contributed by atoms with Gasteiger partial charge in [-0.2, -0.15) is 4.98 Å². The molecule has 3 atom stereocenters. The Hall–Kier alpha value is -4.77. The monoisotopic (exact) mass is 793 g/mol. The molecule has 57 heavy (non-hydrogen) atoms. The number of amides is 2. The van der Waals surface area contributed by atoms with Gasteiger partial charge < -0.3 is 39.6 Å². The Bertz CT molecular complexity index is 1770. The van der Waals surface area contributed by atoms with E-state index in [9.17, 15) is 19.2 Å². The van der Waals surface area contributed by atoms with Gasteiger partial charge in [-0.25, -0.2) is 4.79 Å². The van der Waals surface area contributed by atoms with Crippen molar-refractivity contribution >= 4 is 23.6 Å². The van der Waals surface area contributed by atoms with Gasteiger partial charge in [0.2, 0.25) is 5.91 Å². The molecule has 0 aliphatic carbocycles. The Morgan fingerprint density at radius 1 is 0.825 bits per heavy atom. The number of hydrogen-bond acceptors (Lipinski definition) is 13. The van der Waals surface area contributed by atoms with E-state index in [4.69, 9.17) is 23.7 Å². The first-order valence-corrected chi connectivity index (χ1v) is 20.0. The van der Waals surface area contributed by atoms with Crippen LogP contribution in [0.25, 0.3) is 11.1 Å². The molecule has 1 fully saturated rings. The van der Waals surface area contributed by atoms with Gasteiger partial charge in [-0.3, -0.25) is 28.9 Å². The smallest absolute Gasteiger partial charge is 0.351 e. The first-order valence-electron chi connectivity index (χ1n) is 20.0. The Morgan fingerprint density at radius 2 is 1.49 bits per heavy atom. The summed E-state index contributed by atoms with van der Waals surface area (Å²) in [5.74, 6) is -0.306. The molecule has 1 aliphatic rings. The highest BCUT2D eigenvalue weighted by Gasteiger charge is 2.38. The Balaban J connectivity index is 1.02. The lowest BCUT2D eigenvalue weighted by molar-refractivity contribution is -0.153. The van der Waals surface area contributed by atoms with Crippen LogP contribution in [-0.4, -0.2) is 109 Å². The zero-order valence-electron chi connectivity index (χ0n) is 33.8. The lowest BCUT2D eigenvalue weighted by atomic mass is 9.99. The van der Waals surface area contributed by atoms with E-state index in [1.54, 1.807) is 37.1 Å². The van der Waals surface area contributed by atoms with Crippen molar-refractivity contribution in [1.82, 2.24) is 30.2 Å². The second kappa shape index (κ2) is 24.8. The predicted octanol–water partition coefficient (Wildman–Crippen LogP) is 4.29. The molecule has 3 aromatic rings. The molecule has 16 nitrogen and oxygen atoms in total. The molecule has 0 radical (unpaired) electrons. The summed E-state index contributed by atoms with van der Waals surface area (Å²) < 4.78 is 30.1. The standard InChI is InChI=1S/C41H59N7O9/c1-5-7-14-44-36(49)10-11-38(50)57-35-25-37(56-34(35)6-2)48-28-30(4)39(47-41(48)52)45-15-8-19-53-21-23-55-24-22-54-20-9-16-46-40(51)31-13-18-43-27-33(31)32-26-42-17-12-29(32)3/h12-13,17-18,26-28,34-35,37H,5-11,14-16,19-25H2,1-4H3,(H,44,49)(H,46,51)(H,45,47,52). The predicted molar refractivity (Wildman–Crippen MR) is 214 cm³/mol. The van der Waals surface area contributed by atoms with Crippen LogP contribution in [0.4, 0.5) is 5.82 Å². The Morgan fingerprint density at radius 3 is 2.19 bits per heavy atom. The van der Waals surface area contributed by atoms with Crippen molar-refractivity contribution in [3.63, 3.8) is 0 Å². The fourth-order valence-electron chi connectivity index (χ4n) is 6.19. The molecule has 4 rings (SSSR count). The molecule has 2 amide bonds. The molecule has 312 valence electrons. The molecule has 3 N–H and O–H groups in total. The SMILES string of the molecule is CCCCNC(=O)CCC(=O)OC1CC(n2cc(C)c(NCCCOCCOCCOCCCNC(=O)c3ccncc3-c3cnccc3C)nc2=O)OC1CC. The summed E-state index contributed by atoms with van der Waals surface area (Å²) >= 11 is 0. The highest BCUT2D eigenvalue weighted by molar-refractivity contribution is 6.00. The second-order valence-corrected chi connectivity index (χ2v) is 13.8. The van der Waals surface area contributed by atoms with Gasteiger partial charge in [0, 0.05) is 93.4 Å². The van der Waals surface area contributed by atoms with E-state index in [1.165, 1.54) is 4.57 Å². The molecule has 3 unspecified atom stereocenters. The minimum Gasteiger partial charge on any atom is -0.459 e. The van der Waals surface area contributed by atoms with Gasteiger partial charge in [0.05, 0.1) is 44.5 Å². The zero-order chi connectivity index (χ0) is 40.8. The van der Waals surface area contributed by atoms with Gasteiger partial charge in [-0.05, 0) is 57.2 Å². The number of aromatic nitrogens is 4. The number of anilines is 1. The van der Waals surface area contributed by atoms with Crippen LogP contribution in [-0.2, 0) is 33.3 Å². The van der Waals surface area contributed by atoms with Crippen molar-refractivity contribution in [3.05, 3.63) is 70.3 Å². The second-order valence-electron chi connectivity index (χ2n) is 13.8. The summed E-state index contributed by atoms with van der Waals surface area (Å²) in [5.41, 5.74) is 3.52. The van der Waals surface area contributed by atoms with Crippen LogP contribution in [0.15, 0.2) is 47.9 Å². The van der Waals surface area contributed by atoms with Gasteiger partial charge in [0.25, 0.3) is 5.91 Å². The van der Waals surface area contributed by atoms with Gasteiger partial charge in [0.15, 0.2) is 0 Å². The summed E-state index contributed by atoms with van der Waals surface area (Å²) in [5, 5.41) is 8.96. The van der Waals surface area contributed by atoms with Crippen LogP contribution < -0.4 is 21.6 Å². The lowest BCUT2D eigenvalue weighted by Crippen LogP contribution is -2.28. The molecule has 0 spiro atoms. The normalized spacial score (nSPS) is 16.3. The molecule has 1 saturated heterocycles. The van der Waals surface area contributed by atoms with E-state index < -0.39 is 24.0 Å². The number of rotatable bonds is 26. The molecular weight excluding hydrogens is 734 g/mol. The van der Waals surface area contributed by atoms with E-state index in [0.717, 1.165) is 35.1 Å². The third kappa shape index (κ3) is 14.9. The van der Waals surface area contributed by atoms with E-state index in [1.807, 2.05) is 33.8 Å². The van der Waals surface area contributed by atoms with E-state index in [2.05, 4.69) is 30.9 Å². The molecular formula is C41H59N7O9. The maximum atomic E-state index is 13.0. The summed E-state index contributed by atoms with van der Waals surface area (Å²) in [4.78, 5) is 62.9. The first kappa shape index (κ1) is 44.9. The fourth-order valence-corrected chi connectivity index (χ4v) is 6.19. The number of unbranched alkanes of at least 4 members (excludes halogenated alkanes) is 1. The summed E-state index contributed by atoms with van der Waals surface area (Å²) in [7, 11) is 0. The number of nitrogens with zero attached hydrogens (tertiary/aromatic N) is 4. The van der Waals surface area contributed by atoms with Crippen molar-refractivity contribution in [1.29, 1.82) is 0 Å². The van der Waals surface area contributed by atoms with Gasteiger partial charge in [-0.1, -0.05) is 20.3 Å². The van der Waals surface area contributed by atoms with E-state index in [0.29, 0.717) is 96.3 Å². The molecule has 16 heteroatoms. The third-order valence-electron chi connectivity index (χ3n) is 9.37. The topological polar surface area (TPSA) is 194 Å². The lowest BCUT2D eigenvalue weighted by Gasteiger charge is -2.17. The number of aryl methyl sites for hydroxylation is 2. The van der Waals surface area contributed by atoms with Gasteiger partial charge in [0.1, 0.15) is 18.1 Å². The van der Waals surface area contributed by atoms with Crippen LogP contribution in [0.3, 0.4) is 0 Å². The van der Waals surface area contributed by atoms with Crippen LogP contribution in [0.2, 0.25) is 0 Å². The maximum Gasteiger partial charge on any atom is 0.351 e. The number of nitrogens with one attached hydrogen (secondary N) is 3. The first-order chi connectivity index (χ1) is 27.7. The Labute approximate surface area is 334 Å². The largest absolute Gasteiger partial charge is 0.459 e. The molecule has 0 aromatic carbocycles. The summed E-state index contributed by atoms with van der Waals surface area (Å²) in [6.07, 6.45) is 11.2.